The van der Waals surface area contributed by atoms with Gasteiger partial charge in [-0.3, -0.25) is 4.98 Å². The predicted molar refractivity (Wildman–Crippen MR) is 88.0 cm³/mol. The Kier molecular flexibility index (Phi) is 4.32. The van der Waals surface area contributed by atoms with E-state index in [1.54, 1.807) is 12.4 Å². The van der Waals surface area contributed by atoms with Crippen molar-refractivity contribution < 1.29 is 4.52 Å². The lowest BCUT2D eigenvalue weighted by molar-refractivity contribution is 0.384. The highest BCUT2D eigenvalue weighted by Crippen LogP contribution is 2.22. The highest BCUT2D eigenvalue weighted by atomic mass is 16.5. The van der Waals surface area contributed by atoms with Crippen molar-refractivity contribution >= 4 is 5.82 Å². The summed E-state index contributed by atoms with van der Waals surface area (Å²) in [4.78, 5) is 14.9. The Balaban J connectivity index is 1.80. The summed E-state index contributed by atoms with van der Waals surface area (Å²) in [6, 6.07) is 5.77. The minimum absolute atomic E-state index is 0.599. The van der Waals surface area contributed by atoms with E-state index in [0.29, 0.717) is 6.54 Å². The average molecular weight is 309 g/mol. The first-order valence-corrected chi connectivity index (χ1v) is 7.57. The summed E-state index contributed by atoms with van der Waals surface area (Å²) in [5, 5.41) is 4.13. The zero-order chi connectivity index (χ0) is 16.2. The molecule has 6 heteroatoms. The van der Waals surface area contributed by atoms with Crippen LogP contribution in [0.5, 0.6) is 0 Å². The summed E-state index contributed by atoms with van der Waals surface area (Å²) in [5.41, 5.74) is 2.92. The van der Waals surface area contributed by atoms with E-state index < -0.39 is 0 Å². The smallest absolute Gasteiger partial charge is 0.156 e. The van der Waals surface area contributed by atoms with E-state index in [2.05, 4.69) is 31.9 Å². The first-order chi connectivity index (χ1) is 11.2. The lowest BCUT2D eigenvalue weighted by Crippen LogP contribution is -2.19. The van der Waals surface area contributed by atoms with Crippen LogP contribution >= 0.6 is 0 Å². The summed E-state index contributed by atoms with van der Waals surface area (Å²) >= 11 is 0. The van der Waals surface area contributed by atoms with Gasteiger partial charge in [0.25, 0.3) is 0 Å². The van der Waals surface area contributed by atoms with Crippen LogP contribution in [0.3, 0.4) is 0 Å². The van der Waals surface area contributed by atoms with E-state index in [1.807, 2.05) is 38.4 Å². The van der Waals surface area contributed by atoms with E-state index in [0.717, 1.165) is 40.6 Å². The van der Waals surface area contributed by atoms with Gasteiger partial charge >= 0.3 is 0 Å². The molecule has 118 valence electrons. The van der Waals surface area contributed by atoms with E-state index in [-0.39, 0.29) is 0 Å². The molecule has 3 aromatic rings. The van der Waals surface area contributed by atoms with E-state index >= 15 is 0 Å². The van der Waals surface area contributed by atoms with Gasteiger partial charge in [0.15, 0.2) is 5.76 Å². The first kappa shape index (κ1) is 15.1. The number of anilines is 1. The molecule has 0 unspecified atom stereocenters. The van der Waals surface area contributed by atoms with Crippen LogP contribution in [0.4, 0.5) is 5.82 Å². The largest absolute Gasteiger partial charge is 0.359 e. The number of aromatic nitrogens is 4. The van der Waals surface area contributed by atoms with Crippen molar-refractivity contribution in [3.05, 3.63) is 53.9 Å². The second kappa shape index (κ2) is 6.56. The van der Waals surface area contributed by atoms with Gasteiger partial charge in [0.05, 0.1) is 6.54 Å². The fourth-order valence-electron chi connectivity index (χ4n) is 2.42. The molecule has 0 spiro atoms. The third-order valence-electron chi connectivity index (χ3n) is 3.63. The topological polar surface area (TPSA) is 67.9 Å². The monoisotopic (exact) mass is 309 g/mol. The number of aryl methyl sites for hydroxylation is 2. The highest BCUT2D eigenvalue weighted by molar-refractivity contribution is 5.58. The second-order valence-corrected chi connectivity index (χ2v) is 5.39. The molecule has 0 aliphatic rings. The third kappa shape index (κ3) is 3.36. The lowest BCUT2D eigenvalue weighted by Gasteiger charge is -2.19. The molecule has 0 fully saturated rings. The van der Waals surface area contributed by atoms with Crippen LogP contribution in [-0.2, 0) is 13.0 Å². The van der Waals surface area contributed by atoms with Crippen LogP contribution in [0.2, 0.25) is 0 Å². The van der Waals surface area contributed by atoms with E-state index in [4.69, 9.17) is 4.52 Å². The molecule has 3 heterocycles. The van der Waals surface area contributed by atoms with Crippen molar-refractivity contribution in [3.8, 4) is 11.3 Å². The van der Waals surface area contributed by atoms with Gasteiger partial charge in [-0.15, -0.1) is 0 Å². The fraction of sp³-hybridized carbons (Fsp3) is 0.294. The molecule has 0 bridgehead atoms. The van der Waals surface area contributed by atoms with Crippen LogP contribution < -0.4 is 4.90 Å². The number of rotatable bonds is 5. The average Bonchev–Trinajstić information content (AvgIpc) is 3.04. The van der Waals surface area contributed by atoms with E-state index in [1.165, 1.54) is 0 Å². The maximum atomic E-state index is 5.46. The quantitative estimate of drug-likeness (QED) is 0.721. The van der Waals surface area contributed by atoms with Gasteiger partial charge in [0.2, 0.25) is 0 Å². The van der Waals surface area contributed by atoms with Gasteiger partial charge in [-0.05, 0) is 25.5 Å². The maximum absolute atomic E-state index is 5.46. The molecule has 0 aliphatic heterocycles. The maximum Gasteiger partial charge on any atom is 0.156 e. The fourth-order valence-corrected chi connectivity index (χ4v) is 2.42. The molecule has 23 heavy (non-hydrogen) atoms. The van der Waals surface area contributed by atoms with Crippen LogP contribution in [0.1, 0.15) is 24.1 Å². The SMILES string of the molecule is CCc1cnc(C)nc1N(C)Cc1cc(-c2ccncc2)no1. The molecule has 3 rings (SSSR count). The third-order valence-corrected chi connectivity index (χ3v) is 3.63. The van der Waals surface area contributed by atoms with Crippen LogP contribution in [-0.4, -0.2) is 27.2 Å². The molecule has 0 aromatic carbocycles. The molecular formula is C17H19N5O. The van der Waals surface area contributed by atoms with Gasteiger partial charge in [0.1, 0.15) is 17.3 Å². The molecule has 0 saturated heterocycles. The molecule has 3 aromatic heterocycles. The standard InChI is InChI=1S/C17H19N5O/c1-4-13-10-19-12(2)20-17(13)22(3)11-15-9-16(21-23-15)14-5-7-18-8-6-14/h5-10H,4,11H2,1-3H3. The van der Waals surface area contributed by atoms with Crippen molar-refractivity contribution in [2.45, 2.75) is 26.8 Å². The molecule has 0 amide bonds. The summed E-state index contributed by atoms with van der Waals surface area (Å²) in [6.07, 6.45) is 6.26. The molecule has 0 N–H and O–H groups in total. The van der Waals surface area contributed by atoms with Gasteiger partial charge in [-0.2, -0.15) is 0 Å². The summed E-state index contributed by atoms with van der Waals surface area (Å²) in [7, 11) is 2.00. The molecule has 0 radical (unpaired) electrons. The van der Waals surface area contributed by atoms with Gasteiger partial charge in [-0.1, -0.05) is 12.1 Å². The Morgan fingerprint density at radius 3 is 2.74 bits per heavy atom. The van der Waals surface area contributed by atoms with Gasteiger partial charge in [0, 0.05) is 42.8 Å². The van der Waals surface area contributed by atoms with Gasteiger partial charge in [-0.25, -0.2) is 9.97 Å². The van der Waals surface area contributed by atoms with Crippen LogP contribution in [0, 0.1) is 6.92 Å². The van der Waals surface area contributed by atoms with Crippen LogP contribution in [0.25, 0.3) is 11.3 Å². The summed E-state index contributed by atoms with van der Waals surface area (Å²) in [5.74, 6) is 2.48. The first-order valence-electron chi connectivity index (χ1n) is 7.57. The minimum atomic E-state index is 0.599. The molecule has 6 nitrogen and oxygen atoms in total. The Labute approximate surface area is 135 Å². The van der Waals surface area contributed by atoms with Crippen molar-refractivity contribution in [2.24, 2.45) is 0 Å². The van der Waals surface area contributed by atoms with Crippen molar-refractivity contribution in [1.82, 2.24) is 20.1 Å². The Morgan fingerprint density at radius 1 is 1.22 bits per heavy atom. The number of hydrogen-bond donors (Lipinski definition) is 0. The van der Waals surface area contributed by atoms with Crippen LogP contribution in [0.15, 0.2) is 41.3 Å². The predicted octanol–water partition coefficient (Wildman–Crippen LogP) is 3.03. The molecule has 0 aliphatic carbocycles. The molecular weight excluding hydrogens is 290 g/mol. The summed E-state index contributed by atoms with van der Waals surface area (Å²) in [6.45, 7) is 4.59. The van der Waals surface area contributed by atoms with E-state index in [9.17, 15) is 0 Å². The molecule has 0 saturated carbocycles. The number of pyridine rings is 1. The Bertz CT molecular complexity index is 785. The molecule has 0 atom stereocenters. The highest BCUT2D eigenvalue weighted by Gasteiger charge is 2.13. The number of hydrogen-bond acceptors (Lipinski definition) is 6. The normalized spacial score (nSPS) is 10.7. The Hall–Kier alpha value is -2.76. The summed E-state index contributed by atoms with van der Waals surface area (Å²) < 4.78 is 5.46. The van der Waals surface area contributed by atoms with Crippen molar-refractivity contribution in [2.75, 3.05) is 11.9 Å². The second-order valence-electron chi connectivity index (χ2n) is 5.39. The lowest BCUT2D eigenvalue weighted by atomic mass is 10.2. The van der Waals surface area contributed by atoms with Crippen molar-refractivity contribution in [3.63, 3.8) is 0 Å². The zero-order valence-corrected chi connectivity index (χ0v) is 13.5. The Morgan fingerprint density at radius 2 is 2.00 bits per heavy atom. The van der Waals surface area contributed by atoms with Crippen molar-refractivity contribution in [1.29, 1.82) is 0 Å². The zero-order valence-electron chi connectivity index (χ0n) is 13.5. The number of nitrogens with zero attached hydrogens (tertiary/aromatic N) is 5. The minimum Gasteiger partial charge on any atom is -0.359 e. The van der Waals surface area contributed by atoms with Gasteiger partial charge < -0.3 is 9.42 Å².